The van der Waals surface area contributed by atoms with Gasteiger partial charge in [-0.25, -0.2) is 0 Å². The SMILES string of the molecule is O=C1C(c2ccc(O)c(O)c2)=CC(=O)c2c(O)cc(O)cc21. The largest absolute Gasteiger partial charge is 0.508 e. The maximum absolute atomic E-state index is 12.5. The van der Waals surface area contributed by atoms with Gasteiger partial charge in [0.25, 0.3) is 0 Å². The van der Waals surface area contributed by atoms with Gasteiger partial charge >= 0.3 is 0 Å². The Bertz CT molecular complexity index is 863. The molecule has 1 aliphatic carbocycles. The van der Waals surface area contributed by atoms with Crippen LogP contribution in [0.25, 0.3) is 5.57 Å². The van der Waals surface area contributed by atoms with Gasteiger partial charge in [-0.1, -0.05) is 6.07 Å². The molecule has 0 radical (unpaired) electrons. The monoisotopic (exact) mass is 298 g/mol. The number of hydrogen-bond acceptors (Lipinski definition) is 6. The Morgan fingerprint density at radius 3 is 2.18 bits per heavy atom. The topological polar surface area (TPSA) is 115 Å². The Hall–Kier alpha value is -3.28. The lowest BCUT2D eigenvalue weighted by Crippen LogP contribution is -2.16. The maximum Gasteiger partial charge on any atom is 0.194 e. The zero-order valence-electron chi connectivity index (χ0n) is 11.1. The summed E-state index contributed by atoms with van der Waals surface area (Å²) in [7, 11) is 0. The van der Waals surface area contributed by atoms with Gasteiger partial charge < -0.3 is 20.4 Å². The molecule has 0 amide bonds. The van der Waals surface area contributed by atoms with Crippen LogP contribution in [0.1, 0.15) is 26.3 Å². The second-order valence-corrected chi connectivity index (χ2v) is 4.84. The van der Waals surface area contributed by atoms with Crippen molar-refractivity contribution in [2.45, 2.75) is 0 Å². The first kappa shape index (κ1) is 13.7. The zero-order chi connectivity index (χ0) is 16.0. The van der Waals surface area contributed by atoms with Gasteiger partial charge in [0.1, 0.15) is 11.5 Å². The molecule has 3 rings (SSSR count). The van der Waals surface area contributed by atoms with Gasteiger partial charge in [-0.2, -0.15) is 0 Å². The molecule has 0 aromatic heterocycles. The Morgan fingerprint density at radius 1 is 0.773 bits per heavy atom. The molecule has 110 valence electrons. The smallest absolute Gasteiger partial charge is 0.194 e. The second-order valence-electron chi connectivity index (χ2n) is 4.84. The number of benzene rings is 2. The van der Waals surface area contributed by atoms with Gasteiger partial charge in [-0.05, 0) is 29.8 Å². The average Bonchev–Trinajstić information content (AvgIpc) is 2.45. The lowest BCUT2D eigenvalue weighted by Gasteiger charge is -2.17. The van der Waals surface area contributed by atoms with Crippen LogP contribution in [0.4, 0.5) is 0 Å². The van der Waals surface area contributed by atoms with Gasteiger partial charge in [-0.15, -0.1) is 0 Å². The van der Waals surface area contributed by atoms with Crippen molar-refractivity contribution in [1.29, 1.82) is 0 Å². The number of fused-ring (bicyclic) bond motifs is 1. The van der Waals surface area contributed by atoms with E-state index in [1.165, 1.54) is 12.1 Å². The molecule has 2 aromatic rings. The zero-order valence-corrected chi connectivity index (χ0v) is 11.1. The summed E-state index contributed by atoms with van der Waals surface area (Å²) in [6.07, 6.45) is 1.05. The van der Waals surface area contributed by atoms with Crippen LogP contribution in [0.3, 0.4) is 0 Å². The minimum absolute atomic E-state index is 0.00204. The van der Waals surface area contributed by atoms with E-state index in [2.05, 4.69) is 0 Å². The van der Waals surface area contributed by atoms with Crippen LogP contribution in [0.5, 0.6) is 23.0 Å². The number of phenols is 4. The van der Waals surface area contributed by atoms with Gasteiger partial charge in [0.05, 0.1) is 5.56 Å². The fourth-order valence-corrected chi connectivity index (χ4v) is 2.37. The molecular weight excluding hydrogens is 288 g/mol. The van der Waals surface area contributed by atoms with E-state index in [1.807, 2.05) is 0 Å². The van der Waals surface area contributed by atoms with Crippen LogP contribution in [-0.2, 0) is 0 Å². The highest BCUT2D eigenvalue weighted by Gasteiger charge is 2.29. The maximum atomic E-state index is 12.5. The van der Waals surface area contributed by atoms with Crippen molar-refractivity contribution < 1.29 is 30.0 Å². The Morgan fingerprint density at radius 2 is 1.50 bits per heavy atom. The Kier molecular flexibility index (Phi) is 2.88. The molecule has 0 fully saturated rings. The van der Waals surface area contributed by atoms with E-state index < -0.39 is 23.1 Å². The molecule has 0 saturated carbocycles. The molecule has 0 bridgehead atoms. The van der Waals surface area contributed by atoms with Crippen molar-refractivity contribution in [2.24, 2.45) is 0 Å². The van der Waals surface area contributed by atoms with E-state index in [0.717, 1.165) is 24.3 Å². The Labute approximate surface area is 124 Å². The summed E-state index contributed by atoms with van der Waals surface area (Å²) >= 11 is 0. The van der Waals surface area contributed by atoms with E-state index in [1.54, 1.807) is 0 Å². The normalized spacial score (nSPS) is 13.7. The number of ketones is 2. The van der Waals surface area contributed by atoms with E-state index in [9.17, 15) is 30.0 Å². The third kappa shape index (κ3) is 1.98. The molecule has 2 aromatic carbocycles. The molecule has 22 heavy (non-hydrogen) atoms. The predicted molar refractivity (Wildman–Crippen MR) is 76.2 cm³/mol. The molecule has 0 saturated heterocycles. The van der Waals surface area contributed by atoms with Crippen LogP contribution in [0.2, 0.25) is 0 Å². The Balaban J connectivity index is 2.18. The summed E-state index contributed by atoms with van der Waals surface area (Å²) in [5.41, 5.74) is -0.0537. The minimum atomic E-state index is -0.588. The van der Waals surface area contributed by atoms with E-state index >= 15 is 0 Å². The van der Waals surface area contributed by atoms with E-state index in [0.29, 0.717) is 0 Å². The van der Waals surface area contributed by atoms with Crippen molar-refractivity contribution >= 4 is 17.1 Å². The standard InChI is InChI=1S/C16H10O6/c17-8-4-10-15(13(20)5-8)14(21)6-9(16(10)22)7-1-2-11(18)12(19)3-7/h1-6,17-20H. The summed E-state index contributed by atoms with van der Waals surface area (Å²) in [4.78, 5) is 24.6. The van der Waals surface area contributed by atoms with Crippen LogP contribution in [0, 0.1) is 0 Å². The second kappa shape index (κ2) is 4.63. The van der Waals surface area contributed by atoms with Crippen molar-refractivity contribution in [3.05, 3.63) is 53.1 Å². The summed E-state index contributed by atoms with van der Waals surface area (Å²) in [5.74, 6) is -2.76. The molecule has 1 aliphatic rings. The number of phenolic OH excluding ortho intramolecular Hbond substituents is 4. The van der Waals surface area contributed by atoms with Crippen LogP contribution < -0.4 is 0 Å². The fourth-order valence-electron chi connectivity index (χ4n) is 2.37. The molecule has 6 nitrogen and oxygen atoms in total. The fraction of sp³-hybridized carbons (Fsp3) is 0. The van der Waals surface area contributed by atoms with Gasteiger partial charge in [-0.3, -0.25) is 9.59 Å². The molecule has 0 aliphatic heterocycles. The van der Waals surface area contributed by atoms with Gasteiger partial charge in [0.2, 0.25) is 0 Å². The number of hydrogen-bond donors (Lipinski definition) is 4. The van der Waals surface area contributed by atoms with Crippen LogP contribution >= 0.6 is 0 Å². The third-order valence-corrected chi connectivity index (χ3v) is 3.40. The van der Waals surface area contributed by atoms with Crippen LogP contribution in [0.15, 0.2) is 36.4 Å². The van der Waals surface area contributed by atoms with Crippen molar-refractivity contribution in [2.75, 3.05) is 0 Å². The first-order valence-corrected chi connectivity index (χ1v) is 6.27. The molecule has 4 N–H and O–H groups in total. The molecule has 6 heteroatoms. The minimum Gasteiger partial charge on any atom is -0.508 e. The van der Waals surface area contributed by atoms with Crippen molar-refractivity contribution in [3.8, 4) is 23.0 Å². The number of Topliss-reactive ketones (excluding diaryl/α,β-unsaturated/α-hetero) is 1. The van der Waals surface area contributed by atoms with E-state index in [-0.39, 0.29) is 33.8 Å². The quantitative estimate of drug-likeness (QED) is 0.598. The lowest BCUT2D eigenvalue weighted by molar-refractivity contribution is 0.0998. The highest BCUT2D eigenvalue weighted by atomic mass is 16.3. The highest BCUT2D eigenvalue weighted by Crippen LogP contribution is 2.37. The molecule has 0 unspecified atom stereocenters. The van der Waals surface area contributed by atoms with Crippen molar-refractivity contribution in [3.63, 3.8) is 0 Å². The highest BCUT2D eigenvalue weighted by molar-refractivity contribution is 6.39. The number of carbonyl (C=O) groups is 2. The van der Waals surface area contributed by atoms with E-state index in [4.69, 9.17) is 0 Å². The first-order valence-electron chi connectivity index (χ1n) is 6.27. The average molecular weight is 298 g/mol. The first-order chi connectivity index (χ1) is 10.4. The number of carbonyl (C=O) groups excluding carboxylic acids is 2. The molecule has 0 spiro atoms. The number of aromatic hydroxyl groups is 4. The molecule has 0 atom stereocenters. The third-order valence-electron chi connectivity index (χ3n) is 3.40. The summed E-state index contributed by atoms with van der Waals surface area (Å²) in [6, 6.07) is 5.80. The lowest BCUT2D eigenvalue weighted by atomic mass is 9.85. The summed E-state index contributed by atoms with van der Waals surface area (Å²) in [6.45, 7) is 0. The summed E-state index contributed by atoms with van der Waals surface area (Å²) < 4.78 is 0. The van der Waals surface area contributed by atoms with Crippen molar-refractivity contribution in [1.82, 2.24) is 0 Å². The summed E-state index contributed by atoms with van der Waals surface area (Å²) in [5, 5.41) is 38.0. The predicted octanol–water partition coefficient (Wildman–Crippen LogP) is 1.97. The molecular formula is C16H10O6. The molecule has 0 heterocycles. The van der Waals surface area contributed by atoms with Crippen LogP contribution in [-0.4, -0.2) is 32.0 Å². The van der Waals surface area contributed by atoms with Gasteiger partial charge in [0.15, 0.2) is 23.1 Å². The number of rotatable bonds is 1. The van der Waals surface area contributed by atoms with Gasteiger partial charge in [0, 0.05) is 17.2 Å². The number of allylic oxidation sites excluding steroid dienone is 2.